The molecule has 176 valence electrons. The Kier molecular flexibility index (Phi) is 6.15. The lowest BCUT2D eigenvalue weighted by Gasteiger charge is -2.32. The van der Waals surface area contributed by atoms with E-state index in [4.69, 9.17) is 11.6 Å². The van der Waals surface area contributed by atoms with Gasteiger partial charge in [-0.1, -0.05) is 18.5 Å². The second-order valence-electron chi connectivity index (χ2n) is 8.86. The van der Waals surface area contributed by atoms with Gasteiger partial charge in [0.05, 0.1) is 5.57 Å². The lowest BCUT2D eigenvalue weighted by Crippen LogP contribution is -2.38. The molecule has 2 aromatic carbocycles. The predicted molar refractivity (Wildman–Crippen MR) is 134 cm³/mol. The zero-order chi connectivity index (χ0) is 23.8. The first-order valence-corrected chi connectivity index (χ1v) is 12.0. The van der Waals surface area contributed by atoms with Crippen molar-refractivity contribution in [3.63, 3.8) is 0 Å². The summed E-state index contributed by atoms with van der Waals surface area (Å²) in [6, 6.07) is 10.7. The summed E-state index contributed by atoms with van der Waals surface area (Å²) in [5, 5.41) is 6.85. The van der Waals surface area contributed by atoms with Gasteiger partial charge >= 0.3 is 0 Å². The summed E-state index contributed by atoms with van der Waals surface area (Å²) in [5.41, 5.74) is 4.23. The van der Waals surface area contributed by atoms with Crippen LogP contribution in [0.3, 0.4) is 0 Å². The zero-order valence-corrected chi connectivity index (χ0v) is 20.0. The quantitative estimate of drug-likeness (QED) is 0.433. The predicted octanol–water partition coefficient (Wildman–Crippen LogP) is 5.32. The highest BCUT2D eigenvalue weighted by Crippen LogP contribution is 2.41. The lowest BCUT2D eigenvalue weighted by atomic mass is 9.94. The number of nitrogens with zero attached hydrogens (tertiary/aromatic N) is 2. The van der Waals surface area contributed by atoms with Crippen molar-refractivity contribution in [2.24, 2.45) is 0 Å². The van der Waals surface area contributed by atoms with Crippen LogP contribution in [0.4, 0.5) is 15.8 Å². The molecule has 3 aromatic rings. The van der Waals surface area contributed by atoms with E-state index in [0.717, 1.165) is 49.4 Å². The number of carbonyl (C=O) groups excluding carboxylic acids is 1. The molecule has 1 saturated heterocycles. The summed E-state index contributed by atoms with van der Waals surface area (Å²) in [5.74, 6) is -0.369. The summed E-state index contributed by atoms with van der Waals surface area (Å²) in [4.78, 5) is 23.2. The first-order valence-electron chi connectivity index (χ1n) is 11.6. The molecule has 34 heavy (non-hydrogen) atoms. The molecular weight excluding hydrogens is 453 g/mol. The van der Waals surface area contributed by atoms with E-state index in [1.807, 2.05) is 25.1 Å². The van der Waals surface area contributed by atoms with E-state index >= 15 is 4.39 Å². The van der Waals surface area contributed by atoms with E-state index in [1.54, 1.807) is 18.3 Å². The molecule has 1 aromatic heterocycles. The maximum atomic E-state index is 15.1. The number of hydrogen-bond donors (Lipinski definition) is 3. The van der Waals surface area contributed by atoms with Gasteiger partial charge in [0, 0.05) is 64.1 Å². The molecule has 0 atom stereocenters. The Hall–Kier alpha value is -3.16. The number of carbonyl (C=O) groups is 1. The fraction of sp³-hybridized carbons (Fsp3) is 0.308. The number of anilines is 2. The number of fused-ring (bicyclic) bond motifs is 1. The molecule has 0 saturated carbocycles. The minimum absolute atomic E-state index is 0.266. The van der Waals surface area contributed by atoms with Crippen LogP contribution in [-0.4, -0.2) is 46.5 Å². The number of imidazole rings is 1. The summed E-state index contributed by atoms with van der Waals surface area (Å²) in [6.07, 6.45) is 3.80. The first-order chi connectivity index (χ1) is 16.4. The third kappa shape index (κ3) is 4.33. The first kappa shape index (κ1) is 22.6. The number of amides is 1. The third-order valence-corrected chi connectivity index (χ3v) is 6.79. The second-order valence-corrected chi connectivity index (χ2v) is 9.29. The van der Waals surface area contributed by atoms with Crippen LogP contribution < -0.4 is 10.6 Å². The molecule has 0 spiro atoms. The van der Waals surface area contributed by atoms with Crippen LogP contribution in [0.2, 0.25) is 5.02 Å². The molecule has 0 radical (unpaired) electrons. The molecule has 3 heterocycles. The van der Waals surface area contributed by atoms with Gasteiger partial charge in [-0.05, 0) is 62.7 Å². The fourth-order valence-corrected chi connectivity index (χ4v) is 4.91. The van der Waals surface area contributed by atoms with Crippen molar-refractivity contribution < 1.29 is 9.18 Å². The van der Waals surface area contributed by atoms with Crippen molar-refractivity contribution in [1.82, 2.24) is 14.9 Å². The summed E-state index contributed by atoms with van der Waals surface area (Å²) in [6.45, 7) is 7.27. The van der Waals surface area contributed by atoms with Crippen molar-refractivity contribution >= 4 is 40.0 Å². The maximum absolute atomic E-state index is 15.1. The Morgan fingerprint density at radius 2 is 2.03 bits per heavy atom. The summed E-state index contributed by atoms with van der Waals surface area (Å²) >= 11 is 6.00. The average molecular weight is 480 g/mol. The maximum Gasteiger partial charge on any atom is 0.257 e. The molecule has 3 N–H and O–H groups in total. The number of aryl methyl sites for hydroxylation is 1. The van der Waals surface area contributed by atoms with E-state index < -0.39 is 5.82 Å². The molecule has 1 fully saturated rings. The Bertz CT molecular complexity index is 1280. The number of piperidine rings is 1. The second kappa shape index (κ2) is 9.24. The van der Waals surface area contributed by atoms with Crippen LogP contribution in [0.15, 0.2) is 42.6 Å². The van der Waals surface area contributed by atoms with E-state index in [0.29, 0.717) is 28.7 Å². The minimum atomic E-state index is -0.512. The minimum Gasteiger partial charge on any atom is -0.382 e. The molecule has 6 nitrogen and oxygen atoms in total. The van der Waals surface area contributed by atoms with Gasteiger partial charge in [0.1, 0.15) is 11.6 Å². The normalized spacial score (nSPS) is 18.1. The molecule has 5 rings (SSSR count). The fourth-order valence-electron chi connectivity index (χ4n) is 4.75. The highest BCUT2D eigenvalue weighted by atomic mass is 35.5. The smallest absolute Gasteiger partial charge is 0.257 e. The van der Waals surface area contributed by atoms with Crippen LogP contribution in [0.5, 0.6) is 0 Å². The van der Waals surface area contributed by atoms with Gasteiger partial charge in [-0.2, -0.15) is 0 Å². The Balaban J connectivity index is 1.59. The number of H-pyrrole nitrogens is 1. The molecule has 1 amide bonds. The molecule has 8 heteroatoms. The van der Waals surface area contributed by atoms with E-state index in [1.165, 1.54) is 6.07 Å². The molecule has 0 aliphatic carbocycles. The highest BCUT2D eigenvalue weighted by molar-refractivity contribution is 6.38. The molecule has 2 aliphatic heterocycles. The van der Waals surface area contributed by atoms with Gasteiger partial charge in [0.2, 0.25) is 0 Å². The average Bonchev–Trinajstić information content (AvgIpc) is 3.39. The summed E-state index contributed by atoms with van der Waals surface area (Å²) in [7, 11) is 0. The molecular formula is C26H27ClFN5O. The van der Waals surface area contributed by atoms with Gasteiger partial charge in [0.15, 0.2) is 0 Å². The Morgan fingerprint density at radius 3 is 2.71 bits per heavy atom. The highest BCUT2D eigenvalue weighted by Gasteiger charge is 2.31. The number of aromatic amines is 1. The topological polar surface area (TPSA) is 73.0 Å². The Labute approximate surface area is 203 Å². The van der Waals surface area contributed by atoms with Crippen molar-refractivity contribution in [2.75, 3.05) is 30.3 Å². The third-order valence-electron chi connectivity index (χ3n) is 6.56. The van der Waals surface area contributed by atoms with Crippen LogP contribution in [0.1, 0.15) is 42.4 Å². The van der Waals surface area contributed by atoms with Crippen LogP contribution in [0.25, 0.3) is 11.1 Å². The van der Waals surface area contributed by atoms with Crippen LogP contribution in [-0.2, 0) is 4.79 Å². The standard InChI is InChI=1S/C26H27ClFN5O/c1-3-33-10-8-17(9-11-33)31-18-5-7-22-20(13-18)24(26(34)32-22)23(25-29-14-15(2)30-25)19-6-4-16(27)12-21(19)28/h4-7,12-14,17,31H,3,8-11H2,1-2H3,(H,29,30)(H,32,34). The Morgan fingerprint density at radius 1 is 1.24 bits per heavy atom. The van der Waals surface area contributed by atoms with Crippen molar-refractivity contribution in [3.8, 4) is 0 Å². The number of benzene rings is 2. The van der Waals surface area contributed by atoms with Gasteiger partial charge < -0.3 is 20.5 Å². The van der Waals surface area contributed by atoms with E-state index in [2.05, 4.69) is 32.4 Å². The monoisotopic (exact) mass is 479 g/mol. The molecule has 0 unspecified atom stereocenters. The lowest BCUT2D eigenvalue weighted by molar-refractivity contribution is -0.110. The van der Waals surface area contributed by atoms with Crippen molar-refractivity contribution in [1.29, 1.82) is 0 Å². The van der Waals surface area contributed by atoms with Crippen LogP contribution in [0, 0.1) is 12.7 Å². The number of likely N-dealkylation sites (tertiary alicyclic amines) is 1. The number of hydrogen-bond acceptors (Lipinski definition) is 4. The SMILES string of the molecule is CCN1CCC(Nc2ccc3c(c2)C(=C(c2ncc(C)[nH]2)c2ccc(Cl)cc2F)C(=O)N3)CC1. The van der Waals surface area contributed by atoms with Gasteiger partial charge in [-0.25, -0.2) is 9.37 Å². The van der Waals surface area contributed by atoms with Crippen LogP contribution >= 0.6 is 11.6 Å². The van der Waals surface area contributed by atoms with E-state index in [9.17, 15) is 4.79 Å². The molecule has 2 aliphatic rings. The zero-order valence-electron chi connectivity index (χ0n) is 19.2. The molecule has 0 bridgehead atoms. The number of halogens is 2. The van der Waals surface area contributed by atoms with Crippen molar-refractivity contribution in [2.45, 2.75) is 32.7 Å². The van der Waals surface area contributed by atoms with Gasteiger partial charge in [-0.3, -0.25) is 4.79 Å². The van der Waals surface area contributed by atoms with Crippen molar-refractivity contribution in [3.05, 3.63) is 76.1 Å². The summed E-state index contributed by atoms with van der Waals surface area (Å²) < 4.78 is 15.1. The van der Waals surface area contributed by atoms with Gasteiger partial charge in [-0.15, -0.1) is 0 Å². The number of rotatable bonds is 5. The largest absolute Gasteiger partial charge is 0.382 e. The van der Waals surface area contributed by atoms with Gasteiger partial charge in [0.25, 0.3) is 5.91 Å². The number of nitrogens with one attached hydrogen (secondary N) is 3. The van der Waals surface area contributed by atoms with E-state index in [-0.39, 0.29) is 16.5 Å². The number of aromatic nitrogens is 2.